The zero-order valence-corrected chi connectivity index (χ0v) is 18.3. The van der Waals surface area contributed by atoms with E-state index in [1.54, 1.807) is 0 Å². The van der Waals surface area contributed by atoms with Crippen molar-refractivity contribution in [1.29, 1.82) is 0 Å². The molecule has 1 amide bonds. The van der Waals surface area contributed by atoms with Crippen LogP contribution in [0, 0.1) is 0 Å². The minimum atomic E-state index is -0.0482. The number of rotatable bonds is 7. The molecule has 0 saturated carbocycles. The fourth-order valence-corrected chi connectivity index (χ4v) is 4.16. The number of nitrogens with one attached hydrogen (secondary N) is 1. The second-order valence-corrected chi connectivity index (χ2v) is 8.07. The third kappa shape index (κ3) is 5.53. The van der Waals surface area contributed by atoms with Crippen LogP contribution >= 0.6 is 0 Å². The van der Waals surface area contributed by atoms with Gasteiger partial charge < -0.3 is 15.1 Å². The fourth-order valence-electron chi connectivity index (χ4n) is 4.16. The molecule has 0 unspecified atom stereocenters. The zero-order valence-electron chi connectivity index (χ0n) is 18.3. The normalized spacial score (nSPS) is 14.4. The van der Waals surface area contributed by atoms with Gasteiger partial charge >= 0.3 is 0 Å². The molecule has 4 rings (SSSR count). The maximum Gasteiger partial charge on any atom is 0.255 e. The summed E-state index contributed by atoms with van der Waals surface area (Å²) in [4.78, 5) is 17.9. The van der Waals surface area contributed by atoms with Crippen molar-refractivity contribution in [2.45, 2.75) is 19.8 Å². The molecule has 0 spiro atoms. The van der Waals surface area contributed by atoms with Crippen LogP contribution in [0.15, 0.2) is 78.9 Å². The van der Waals surface area contributed by atoms with Crippen molar-refractivity contribution >= 4 is 17.3 Å². The molecule has 0 atom stereocenters. The highest BCUT2D eigenvalue weighted by Gasteiger charge is 2.16. The predicted octanol–water partition coefficient (Wildman–Crippen LogP) is 4.87. The topological polar surface area (TPSA) is 35.6 Å². The van der Waals surface area contributed by atoms with E-state index < -0.39 is 0 Å². The molecule has 4 heteroatoms. The van der Waals surface area contributed by atoms with E-state index in [1.807, 2.05) is 36.4 Å². The minimum Gasteiger partial charge on any atom is -0.369 e. The van der Waals surface area contributed by atoms with Crippen LogP contribution in [0.25, 0.3) is 0 Å². The lowest BCUT2D eigenvalue weighted by molar-refractivity contribution is 0.102. The number of carbonyl (C=O) groups excluding carboxylic acids is 1. The van der Waals surface area contributed by atoms with Crippen molar-refractivity contribution in [2.24, 2.45) is 0 Å². The van der Waals surface area contributed by atoms with Crippen LogP contribution in [0.3, 0.4) is 0 Å². The van der Waals surface area contributed by atoms with E-state index in [0.717, 1.165) is 62.4 Å². The van der Waals surface area contributed by atoms with E-state index in [4.69, 9.17) is 0 Å². The van der Waals surface area contributed by atoms with Gasteiger partial charge in [-0.3, -0.25) is 4.79 Å². The Labute approximate surface area is 185 Å². The summed E-state index contributed by atoms with van der Waals surface area (Å²) in [5.74, 6) is -0.0482. The number of amides is 1. The van der Waals surface area contributed by atoms with Gasteiger partial charge in [-0.25, -0.2) is 0 Å². The molecule has 0 aromatic heterocycles. The Bertz CT molecular complexity index is 977. The average Bonchev–Trinajstić information content (AvgIpc) is 2.84. The number of benzene rings is 3. The second kappa shape index (κ2) is 10.3. The molecular weight excluding hydrogens is 382 g/mol. The predicted molar refractivity (Wildman–Crippen MR) is 129 cm³/mol. The summed E-state index contributed by atoms with van der Waals surface area (Å²) in [5, 5.41) is 3.08. The largest absolute Gasteiger partial charge is 0.369 e. The number of carbonyl (C=O) groups is 1. The van der Waals surface area contributed by atoms with Crippen LogP contribution in [0.1, 0.15) is 28.4 Å². The van der Waals surface area contributed by atoms with Crippen LogP contribution in [-0.2, 0) is 12.8 Å². The van der Waals surface area contributed by atoms with Gasteiger partial charge in [0, 0.05) is 43.1 Å². The first-order valence-corrected chi connectivity index (χ1v) is 11.2. The Morgan fingerprint density at radius 1 is 0.806 bits per heavy atom. The number of likely N-dealkylation sites (N-methyl/N-ethyl adjacent to an activating group) is 1. The lowest BCUT2D eigenvalue weighted by atomic mass is 9.99. The minimum absolute atomic E-state index is 0.0482. The lowest BCUT2D eigenvalue weighted by Gasteiger charge is -2.35. The smallest absolute Gasteiger partial charge is 0.255 e. The van der Waals surface area contributed by atoms with Gasteiger partial charge in [-0.15, -0.1) is 0 Å². The van der Waals surface area contributed by atoms with Crippen molar-refractivity contribution < 1.29 is 4.79 Å². The SMILES string of the molecule is CCN1CCN(c2ccc(NC(=O)c3ccccc3CCc3ccccc3)cc2)CC1. The molecule has 0 radical (unpaired) electrons. The van der Waals surface area contributed by atoms with E-state index in [0.29, 0.717) is 0 Å². The van der Waals surface area contributed by atoms with Crippen LogP contribution in [-0.4, -0.2) is 43.5 Å². The quantitative estimate of drug-likeness (QED) is 0.600. The Kier molecular flexibility index (Phi) is 7.00. The van der Waals surface area contributed by atoms with Gasteiger partial charge in [-0.2, -0.15) is 0 Å². The van der Waals surface area contributed by atoms with E-state index in [-0.39, 0.29) is 5.91 Å². The number of nitrogens with zero attached hydrogens (tertiary/aromatic N) is 2. The summed E-state index contributed by atoms with van der Waals surface area (Å²) >= 11 is 0. The maximum absolute atomic E-state index is 13.0. The Balaban J connectivity index is 1.38. The molecule has 1 heterocycles. The van der Waals surface area contributed by atoms with Gasteiger partial charge in [-0.05, 0) is 60.8 Å². The van der Waals surface area contributed by atoms with E-state index in [9.17, 15) is 4.79 Å². The molecule has 1 aliphatic heterocycles. The summed E-state index contributed by atoms with van der Waals surface area (Å²) < 4.78 is 0. The van der Waals surface area contributed by atoms with Crippen LogP contribution < -0.4 is 10.2 Å². The molecular formula is C27H31N3O. The van der Waals surface area contributed by atoms with Gasteiger partial charge in [0.25, 0.3) is 5.91 Å². The average molecular weight is 414 g/mol. The monoisotopic (exact) mass is 413 g/mol. The Morgan fingerprint density at radius 2 is 1.48 bits per heavy atom. The summed E-state index contributed by atoms with van der Waals surface area (Å²) in [6.45, 7) is 7.64. The number of hydrogen-bond donors (Lipinski definition) is 1. The molecule has 31 heavy (non-hydrogen) atoms. The van der Waals surface area contributed by atoms with Gasteiger partial charge in [0.05, 0.1) is 0 Å². The highest BCUT2D eigenvalue weighted by molar-refractivity contribution is 6.05. The number of anilines is 2. The standard InChI is InChI=1S/C27H31N3O/c1-2-29-18-20-30(21-19-29)25-16-14-24(15-17-25)28-27(31)26-11-7-6-10-23(26)13-12-22-8-4-3-5-9-22/h3-11,14-17H,2,12-13,18-21H2,1H3,(H,28,31). The third-order valence-corrected chi connectivity index (χ3v) is 6.10. The van der Waals surface area contributed by atoms with Gasteiger partial charge in [0.2, 0.25) is 0 Å². The first kappa shape index (κ1) is 21.1. The summed E-state index contributed by atoms with van der Waals surface area (Å²) in [6.07, 6.45) is 1.77. The third-order valence-electron chi connectivity index (χ3n) is 6.10. The molecule has 1 saturated heterocycles. The van der Waals surface area contributed by atoms with Gasteiger partial charge in [-0.1, -0.05) is 55.5 Å². The molecule has 1 fully saturated rings. The summed E-state index contributed by atoms with van der Waals surface area (Å²) in [7, 11) is 0. The van der Waals surface area contributed by atoms with Crippen molar-refractivity contribution in [2.75, 3.05) is 42.9 Å². The number of hydrogen-bond acceptors (Lipinski definition) is 3. The molecule has 3 aromatic rings. The molecule has 1 N–H and O–H groups in total. The Morgan fingerprint density at radius 3 is 2.19 bits per heavy atom. The lowest BCUT2D eigenvalue weighted by Crippen LogP contribution is -2.46. The van der Waals surface area contributed by atoms with E-state index in [2.05, 4.69) is 64.5 Å². The van der Waals surface area contributed by atoms with Crippen molar-refractivity contribution in [1.82, 2.24) is 4.90 Å². The van der Waals surface area contributed by atoms with Crippen LogP contribution in [0.2, 0.25) is 0 Å². The summed E-state index contributed by atoms with van der Waals surface area (Å²) in [5.41, 5.74) is 5.16. The van der Waals surface area contributed by atoms with Crippen molar-refractivity contribution in [3.05, 3.63) is 95.6 Å². The second-order valence-electron chi connectivity index (χ2n) is 8.07. The van der Waals surface area contributed by atoms with Crippen LogP contribution in [0.5, 0.6) is 0 Å². The fraction of sp³-hybridized carbons (Fsp3) is 0.296. The first-order valence-electron chi connectivity index (χ1n) is 11.2. The van der Waals surface area contributed by atoms with Gasteiger partial charge in [0.15, 0.2) is 0 Å². The molecule has 1 aliphatic rings. The number of piperazine rings is 1. The molecule has 160 valence electrons. The molecule has 0 aliphatic carbocycles. The van der Waals surface area contributed by atoms with Crippen molar-refractivity contribution in [3.63, 3.8) is 0 Å². The highest BCUT2D eigenvalue weighted by Crippen LogP contribution is 2.21. The van der Waals surface area contributed by atoms with E-state index >= 15 is 0 Å². The summed E-state index contributed by atoms with van der Waals surface area (Å²) in [6, 6.07) is 26.5. The zero-order chi connectivity index (χ0) is 21.5. The van der Waals surface area contributed by atoms with Crippen LogP contribution in [0.4, 0.5) is 11.4 Å². The molecule has 0 bridgehead atoms. The van der Waals surface area contributed by atoms with Crippen molar-refractivity contribution in [3.8, 4) is 0 Å². The van der Waals surface area contributed by atoms with Gasteiger partial charge in [0.1, 0.15) is 0 Å². The molecule has 4 nitrogen and oxygen atoms in total. The maximum atomic E-state index is 13.0. The number of aryl methyl sites for hydroxylation is 2. The van der Waals surface area contributed by atoms with E-state index in [1.165, 1.54) is 11.3 Å². The first-order chi connectivity index (χ1) is 15.2. The molecule has 3 aromatic carbocycles. The highest BCUT2D eigenvalue weighted by atomic mass is 16.1. The Hall–Kier alpha value is -3.11.